The number of hydrogen-bond donors (Lipinski definition) is 4. The van der Waals surface area contributed by atoms with E-state index in [1.54, 1.807) is 7.11 Å². The van der Waals surface area contributed by atoms with Crippen LogP contribution in [-0.2, 0) is 6.54 Å². The Bertz CT molecular complexity index is 751. The Hall–Kier alpha value is -2.61. The summed E-state index contributed by atoms with van der Waals surface area (Å²) >= 11 is 0. The predicted molar refractivity (Wildman–Crippen MR) is 116 cm³/mol. The Morgan fingerprint density at radius 1 is 1.14 bits per heavy atom. The molecule has 0 amide bonds. The summed E-state index contributed by atoms with van der Waals surface area (Å²) in [6.45, 7) is 7.75. The fraction of sp³-hybridized carbons (Fsp3) is 0.571. The minimum atomic E-state index is -0.715. The molecule has 0 unspecified atom stereocenters. The summed E-state index contributed by atoms with van der Waals surface area (Å²) in [4.78, 5) is 9.09. The lowest BCUT2D eigenvalue weighted by molar-refractivity contribution is 0.0257. The number of benzene rings is 1. The molecule has 0 radical (unpaired) electrons. The van der Waals surface area contributed by atoms with E-state index < -0.39 is 5.60 Å². The molecule has 1 heterocycles. The molecule has 0 aliphatic rings. The van der Waals surface area contributed by atoms with Gasteiger partial charge in [-0.15, -0.1) is 0 Å². The maximum Gasteiger partial charge on any atom is 0.191 e. The van der Waals surface area contributed by atoms with Gasteiger partial charge in [-0.05, 0) is 44.0 Å². The Kier molecular flexibility index (Phi) is 8.92. The van der Waals surface area contributed by atoms with Gasteiger partial charge >= 0.3 is 0 Å². The molecular weight excluding hydrogens is 368 g/mol. The van der Waals surface area contributed by atoms with Crippen LogP contribution in [0, 0.1) is 0 Å². The molecular formula is C21H34N6O2. The first kappa shape index (κ1) is 22.7. The maximum atomic E-state index is 10.8. The van der Waals surface area contributed by atoms with E-state index in [1.165, 1.54) is 0 Å². The molecule has 8 nitrogen and oxygen atoms in total. The molecule has 0 saturated heterocycles. The SMILES string of the molecule is CCCC(O)(CCC)CNC(=NCc1nc(-c2ccc(OC)cc2)n[nH]1)NCC. The molecule has 0 atom stereocenters. The quantitative estimate of drug-likeness (QED) is 0.340. The van der Waals surface area contributed by atoms with Crippen molar-refractivity contribution >= 4 is 5.96 Å². The number of aliphatic hydroxyl groups is 1. The molecule has 0 bridgehead atoms. The van der Waals surface area contributed by atoms with Crippen LogP contribution in [0.5, 0.6) is 5.75 Å². The van der Waals surface area contributed by atoms with Gasteiger partial charge in [0, 0.05) is 18.7 Å². The standard InChI is InChI=1S/C21H34N6O2/c1-5-12-21(28,13-6-2)15-24-20(22-7-3)23-14-18-25-19(27-26-18)16-8-10-17(29-4)11-9-16/h8-11,28H,5-7,12-15H2,1-4H3,(H2,22,23,24)(H,25,26,27). The average Bonchev–Trinajstić information content (AvgIpc) is 3.19. The number of aromatic nitrogens is 3. The van der Waals surface area contributed by atoms with Crippen LogP contribution in [0.25, 0.3) is 11.4 Å². The van der Waals surface area contributed by atoms with Crippen LogP contribution < -0.4 is 15.4 Å². The fourth-order valence-corrected chi connectivity index (χ4v) is 3.21. The van der Waals surface area contributed by atoms with E-state index in [0.717, 1.165) is 43.5 Å². The first-order valence-electron chi connectivity index (χ1n) is 10.3. The molecule has 1 aromatic heterocycles. The van der Waals surface area contributed by atoms with Gasteiger partial charge in [0.05, 0.1) is 12.7 Å². The normalized spacial score (nSPS) is 12.1. The van der Waals surface area contributed by atoms with Crippen molar-refractivity contribution < 1.29 is 9.84 Å². The summed E-state index contributed by atoms with van der Waals surface area (Å²) in [6.07, 6.45) is 3.41. The van der Waals surface area contributed by atoms with Crippen LogP contribution >= 0.6 is 0 Å². The number of ether oxygens (including phenoxy) is 1. The van der Waals surface area contributed by atoms with E-state index in [0.29, 0.717) is 30.7 Å². The summed E-state index contributed by atoms with van der Waals surface area (Å²) in [5.74, 6) is 2.74. The number of guanidine groups is 1. The van der Waals surface area contributed by atoms with Gasteiger partial charge in [-0.3, -0.25) is 5.10 Å². The zero-order chi connectivity index (χ0) is 21.1. The number of H-pyrrole nitrogens is 1. The number of nitrogens with zero attached hydrogens (tertiary/aromatic N) is 3. The molecule has 0 spiro atoms. The summed E-state index contributed by atoms with van der Waals surface area (Å²) in [7, 11) is 1.64. The lowest BCUT2D eigenvalue weighted by Crippen LogP contribution is -2.47. The molecule has 0 aliphatic heterocycles. The zero-order valence-electron chi connectivity index (χ0n) is 18.0. The van der Waals surface area contributed by atoms with Crippen LogP contribution in [0.3, 0.4) is 0 Å². The van der Waals surface area contributed by atoms with Gasteiger partial charge in [-0.2, -0.15) is 5.10 Å². The predicted octanol–water partition coefficient (Wildman–Crippen LogP) is 2.87. The number of aromatic amines is 1. The molecule has 29 heavy (non-hydrogen) atoms. The third-order valence-electron chi connectivity index (χ3n) is 4.63. The van der Waals surface area contributed by atoms with Crippen molar-refractivity contribution in [2.24, 2.45) is 4.99 Å². The van der Waals surface area contributed by atoms with Gasteiger partial charge in [-0.1, -0.05) is 26.7 Å². The largest absolute Gasteiger partial charge is 0.497 e. The number of rotatable bonds is 11. The zero-order valence-corrected chi connectivity index (χ0v) is 18.0. The van der Waals surface area contributed by atoms with Gasteiger partial charge in [0.2, 0.25) is 0 Å². The highest BCUT2D eigenvalue weighted by Gasteiger charge is 2.24. The Balaban J connectivity index is 2.01. The average molecular weight is 403 g/mol. The summed E-state index contributed by atoms with van der Waals surface area (Å²) in [5.41, 5.74) is 0.194. The van der Waals surface area contributed by atoms with Crippen molar-refractivity contribution in [3.05, 3.63) is 30.1 Å². The second-order valence-electron chi connectivity index (χ2n) is 7.11. The highest BCUT2D eigenvalue weighted by atomic mass is 16.5. The Morgan fingerprint density at radius 2 is 1.83 bits per heavy atom. The van der Waals surface area contributed by atoms with Gasteiger partial charge in [0.1, 0.15) is 18.1 Å². The van der Waals surface area contributed by atoms with Crippen molar-refractivity contribution in [3.63, 3.8) is 0 Å². The molecule has 0 fully saturated rings. The van der Waals surface area contributed by atoms with Gasteiger partial charge in [-0.25, -0.2) is 9.98 Å². The highest BCUT2D eigenvalue weighted by Crippen LogP contribution is 2.19. The minimum Gasteiger partial charge on any atom is -0.497 e. The number of hydrogen-bond acceptors (Lipinski definition) is 5. The lowest BCUT2D eigenvalue weighted by Gasteiger charge is -2.28. The first-order chi connectivity index (χ1) is 14.0. The van der Waals surface area contributed by atoms with E-state index in [2.05, 4.69) is 44.7 Å². The topological polar surface area (TPSA) is 107 Å². The van der Waals surface area contributed by atoms with Crippen molar-refractivity contribution in [2.45, 2.75) is 58.6 Å². The van der Waals surface area contributed by atoms with E-state index in [9.17, 15) is 5.11 Å². The van der Waals surface area contributed by atoms with Crippen molar-refractivity contribution in [1.29, 1.82) is 0 Å². The highest BCUT2D eigenvalue weighted by molar-refractivity contribution is 5.79. The Morgan fingerprint density at radius 3 is 2.41 bits per heavy atom. The molecule has 2 aromatic rings. The molecule has 4 N–H and O–H groups in total. The van der Waals surface area contributed by atoms with E-state index in [-0.39, 0.29) is 0 Å². The van der Waals surface area contributed by atoms with E-state index >= 15 is 0 Å². The third-order valence-corrected chi connectivity index (χ3v) is 4.63. The Labute approximate surface area is 173 Å². The van der Waals surface area contributed by atoms with Gasteiger partial charge < -0.3 is 20.5 Å². The number of methoxy groups -OCH3 is 1. The second kappa shape index (κ2) is 11.4. The van der Waals surface area contributed by atoms with E-state index in [4.69, 9.17) is 4.74 Å². The second-order valence-corrected chi connectivity index (χ2v) is 7.11. The minimum absolute atomic E-state index is 0.360. The third kappa shape index (κ3) is 7.05. The van der Waals surface area contributed by atoms with Gasteiger partial charge in [0.25, 0.3) is 0 Å². The number of aliphatic imine (C=N–C) groups is 1. The van der Waals surface area contributed by atoms with Crippen LogP contribution in [0.4, 0.5) is 0 Å². The molecule has 8 heteroatoms. The first-order valence-corrected chi connectivity index (χ1v) is 10.3. The fourth-order valence-electron chi connectivity index (χ4n) is 3.21. The molecule has 0 saturated carbocycles. The van der Waals surface area contributed by atoms with Gasteiger partial charge in [0.15, 0.2) is 11.8 Å². The van der Waals surface area contributed by atoms with E-state index in [1.807, 2.05) is 31.2 Å². The summed E-state index contributed by atoms with van der Waals surface area (Å²) in [6, 6.07) is 7.60. The van der Waals surface area contributed by atoms with Crippen LogP contribution in [0.15, 0.2) is 29.3 Å². The van der Waals surface area contributed by atoms with Crippen molar-refractivity contribution in [1.82, 2.24) is 25.8 Å². The maximum absolute atomic E-state index is 10.8. The van der Waals surface area contributed by atoms with Crippen LogP contribution in [-0.4, -0.2) is 52.0 Å². The van der Waals surface area contributed by atoms with Crippen molar-refractivity contribution in [2.75, 3.05) is 20.2 Å². The van der Waals surface area contributed by atoms with Crippen molar-refractivity contribution in [3.8, 4) is 17.1 Å². The molecule has 160 valence electrons. The summed E-state index contributed by atoms with van der Waals surface area (Å²) in [5, 5.41) is 24.5. The van der Waals surface area contributed by atoms with Crippen LogP contribution in [0.2, 0.25) is 0 Å². The molecule has 1 aromatic carbocycles. The monoisotopic (exact) mass is 402 g/mol. The van der Waals surface area contributed by atoms with Crippen LogP contribution in [0.1, 0.15) is 52.3 Å². The molecule has 2 rings (SSSR count). The summed E-state index contributed by atoms with van der Waals surface area (Å²) < 4.78 is 5.18. The number of nitrogens with one attached hydrogen (secondary N) is 3. The molecule has 0 aliphatic carbocycles. The lowest BCUT2D eigenvalue weighted by atomic mass is 9.93. The smallest absolute Gasteiger partial charge is 0.191 e.